The molecule has 0 radical (unpaired) electrons. The fraction of sp³-hybridized carbons (Fsp3) is 0.400. The molecule has 0 aliphatic heterocycles. The van der Waals surface area contributed by atoms with E-state index in [0.29, 0.717) is 5.92 Å². The van der Waals surface area contributed by atoms with E-state index in [2.05, 4.69) is 19.7 Å². The number of carboxylic acids is 3. The van der Waals surface area contributed by atoms with E-state index in [9.17, 15) is 14.4 Å². The number of carbonyl (C=O) groups is 3. The van der Waals surface area contributed by atoms with E-state index in [-0.39, 0.29) is 0 Å². The van der Waals surface area contributed by atoms with Crippen molar-refractivity contribution in [3.8, 4) is 0 Å². The zero-order valence-corrected chi connectivity index (χ0v) is 13.4. The summed E-state index contributed by atoms with van der Waals surface area (Å²) >= 11 is 0. The van der Waals surface area contributed by atoms with Crippen LogP contribution < -0.4 is 0 Å². The summed E-state index contributed by atoms with van der Waals surface area (Å²) in [6, 6.07) is 0. The van der Waals surface area contributed by atoms with Gasteiger partial charge in [0.25, 0.3) is 0 Å². The Kier molecular flexibility index (Phi) is 21.1. The summed E-state index contributed by atoms with van der Waals surface area (Å²) in [6.07, 6.45) is 2.50. The van der Waals surface area contributed by atoms with E-state index in [1.807, 2.05) is 27.7 Å². The molecule has 0 unspecified atom stereocenters. The van der Waals surface area contributed by atoms with Crippen LogP contribution in [-0.4, -0.2) is 43.9 Å². The number of aliphatic carboxylic acids is 3. The van der Waals surface area contributed by atoms with Crippen molar-refractivity contribution in [1.82, 2.24) is 0 Å². The van der Waals surface area contributed by atoms with Crippen LogP contribution in [0.2, 0.25) is 0 Å². The second kappa shape index (κ2) is 16.6. The van der Waals surface area contributed by atoms with Crippen LogP contribution in [0.25, 0.3) is 0 Å². The maximum absolute atomic E-state index is 9.25. The lowest BCUT2D eigenvalue weighted by molar-refractivity contribution is -0.132. The second-order valence-electron chi connectivity index (χ2n) is 4.44. The highest BCUT2D eigenvalue weighted by molar-refractivity contribution is 5.79. The Morgan fingerprint density at radius 1 is 0.818 bits per heavy atom. The monoisotopic (exact) mass is 318 g/mol. The lowest BCUT2D eigenvalue weighted by atomic mass is 9.95. The normalized spacial score (nSPS) is 8.45. The molecule has 4 N–H and O–H groups in total. The Morgan fingerprint density at radius 2 is 0.909 bits per heavy atom. The van der Waals surface area contributed by atoms with Gasteiger partial charge < -0.3 is 20.4 Å². The van der Waals surface area contributed by atoms with Crippen molar-refractivity contribution < 1.29 is 34.8 Å². The predicted molar refractivity (Wildman–Crippen MR) is 84.6 cm³/mol. The molecule has 0 amide bonds. The minimum absolute atomic E-state index is 0.354. The van der Waals surface area contributed by atoms with Gasteiger partial charge in [0, 0.05) is 18.2 Å². The van der Waals surface area contributed by atoms with Gasteiger partial charge in [-0.2, -0.15) is 0 Å². The van der Waals surface area contributed by atoms with Crippen molar-refractivity contribution in [2.45, 2.75) is 33.3 Å². The first-order valence-electron chi connectivity index (χ1n) is 6.04. The van der Waals surface area contributed by atoms with E-state index in [0.717, 1.165) is 18.2 Å². The molecule has 128 valence electrons. The highest BCUT2D eigenvalue weighted by Gasteiger charge is 2.16. The maximum Gasteiger partial charge on any atom is 0.327 e. The molecule has 0 aromatic rings. The first-order valence-corrected chi connectivity index (χ1v) is 6.04. The van der Waals surface area contributed by atoms with Crippen molar-refractivity contribution in [1.29, 1.82) is 0 Å². The molecule has 0 aliphatic rings. The Balaban J connectivity index is -0.0000000995. The molecule has 0 spiro atoms. The third-order valence-corrected chi connectivity index (χ3v) is 1.94. The van der Waals surface area contributed by atoms with Gasteiger partial charge in [0.05, 0.1) is 5.60 Å². The highest BCUT2D eigenvalue weighted by Crippen LogP contribution is 2.12. The molecule has 0 atom stereocenters. The molecule has 0 saturated carbocycles. The average molecular weight is 318 g/mol. The molecule has 0 rings (SSSR count). The first kappa shape index (κ1) is 27.9. The summed E-state index contributed by atoms with van der Waals surface area (Å²) in [6.45, 7) is 16.5. The first-order chi connectivity index (χ1) is 9.75. The number of carboxylic acid groups (broad SMARTS) is 3. The molecular weight excluding hydrogens is 292 g/mol. The van der Waals surface area contributed by atoms with Gasteiger partial charge in [0.1, 0.15) is 0 Å². The molecule has 0 heterocycles. The number of aliphatic hydroxyl groups is 1. The fourth-order valence-electron chi connectivity index (χ4n) is 0. The summed E-state index contributed by atoms with van der Waals surface area (Å²) in [7, 11) is 0. The largest absolute Gasteiger partial charge is 0.478 e. The van der Waals surface area contributed by atoms with Gasteiger partial charge >= 0.3 is 17.9 Å². The van der Waals surface area contributed by atoms with Gasteiger partial charge in [-0.1, -0.05) is 33.6 Å². The quantitative estimate of drug-likeness (QED) is 0.584. The van der Waals surface area contributed by atoms with Gasteiger partial charge in [0.2, 0.25) is 0 Å². The van der Waals surface area contributed by atoms with E-state index in [1.54, 1.807) is 0 Å². The van der Waals surface area contributed by atoms with Crippen LogP contribution in [0.1, 0.15) is 27.7 Å². The summed E-state index contributed by atoms with van der Waals surface area (Å²) in [5, 5.41) is 31.9. The van der Waals surface area contributed by atoms with Crippen molar-refractivity contribution in [3.63, 3.8) is 0 Å². The lowest BCUT2D eigenvalue weighted by Gasteiger charge is -2.21. The predicted octanol–water partition coefficient (Wildman–Crippen LogP) is 2.18. The van der Waals surface area contributed by atoms with Crippen molar-refractivity contribution in [3.05, 3.63) is 38.0 Å². The van der Waals surface area contributed by atoms with Crippen LogP contribution in [0.3, 0.4) is 0 Å². The minimum Gasteiger partial charge on any atom is -0.478 e. The van der Waals surface area contributed by atoms with Crippen molar-refractivity contribution in [2.24, 2.45) is 5.92 Å². The molecule has 0 bridgehead atoms. The van der Waals surface area contributed by atoms with Gasteiger partial charge in [-0.25, -0.2) is 14.4 Å². The van der Waals surface area contributed by atoms with Crippen LogP contribution in [0, 0.1) is 5.92 Å². The zero-order valence-electron chi connectivity index (χ0n) is 13.4. The third kappa shape index (κ3) is 52.6. The van der Waals surface area contributed by atoms with E-state index in [1.165, 1.54) is 0 Å². The Morgan fingerprint density at radius 3 is 0.909 bits per heavy atom. The van der Waals surface area contributed by atoms with Gasteiger partial charge in [0.15, 0.2) is 0 Å². The molecular formula is C15H26O7. The smallest absolute Gasteiger partial charge is 0.327 e. The van der Waals surface area contributed by atoms with Gasteiger partial charge in [-0.3, -0.25) is 0 Å². The van der Waals surface area contributed by atoms with Crippen LogP contribution in [-0.2, 0) is 14.4 Å². The number of hydrogen-bond donors (Lipinski definition) is 4. The summed E-state index contributed by atoms with van der Waals surface area (Å²) in [5.41, 5.74) is -0.500. The van der Waals surface area contributed by atoms with Crippen LogP contribution >= 0.6 is 0 Å². The molecule has 0 aromatic heterocycles. The van der Waals surface area contributed by atoms with Crippen LogP contribution in [0.15, 0.2) is 38.0 Å². The highest BCUT2D eigenvalue weighted by atomic mass is 16.4. The molecule has 0 fully saturated rings. The molecule has 7 heteroatoms. The SMILES string of the molecule is C=CC(=O)O.C=CC(=O)O.C=CC(=O)O.CC(C)C(C)(C)O. The zero-order chi connectivity index (χ0) is 18.9. The molecule has 22 heavy (non-hydrogen) atoms. The van der Waals surface area contributed by atoms with E-state index < -0.39 is 23.5 Å². The fourth-order valence-corrected chi connectivity index (χ4v) is 0. The van der Waals surface area contributed by atoms with E-state index in [4.69, 9.17) is 20.4 Å². The Bertz CT molecular complexity index is 320. The second-order valence-corrected chi connectivity index (χ2v) is 4.44. The van der Waals surface area contributed by atoms with Crippen molar-refractivity contribution >= 4 is 17.9 Å². The van der Waals surface area contributed by atoms with Gasteiger partial charge in [-0.05, 0) is 19.8 Å². The standard InChI is InChI=1S/C6H14O.3C3H4O2/c1-5(2)6(3,4)7;3*1-2-3(4)5/h5,7H,1-4H3;3*2H,1H2,(H,4,5). The Hall–Kier alpha value is -2.41. The molecule has 0 saturated heterocycles. The minimum atomic E-state index is -0.981. The summed E-state index contributed by atoms with van der Waals surface area (Å²) < 4.78 is 0. The topological polar surface area (TPSA) is 132 Å². The number of rotatable bonds is 4. The number of hydrogen-bond acceptors (Lipinski definition) is 4. The van der Waals surface area contributed by atoms with Crippen LogP contribution in [0.5, 0.6) is 0 Å². The lowest BCUT2D eigenvalue weighted by Crippen LogP contribution is -2.25. The van der Waals surface area contributed by atoms with Crippen LogP contribution in [0.4, 0.5) is 0 Å². The third-order valence-electron chi connectivity index (χ3n) is 1.94. The molecule has 0 aromatic carbocycles. The van der Waals surface area contributed by atoms with E-state index >= 15 is 0 Å². The summed E-state index contributed by atoms with van der Waals surface area (Å²) in [4.78, 5) is 27.8. The molecule has 7 nitrogen and oxygen atoms in total. The van der Waals surface area contributed by atoms with Crippen molar-refractivity contribution in [2.75, 3.05) is 0 Å². The summed E-state index contributed by atoms with van der Waals surface area (Å²) in [5.74, 6) is -2.59. The average Bonchev–Trinajstić information content (AvgIpc) is 2.39. The maximum atomic E-state index is 9.25. The molecule has 0 aliphatic carbocycles. The Labute approximate surface area is 130 Å². The van der Waals surface area contributed by atoms with Gasteiger partial charge in [-0.15, -0.1) is 0 Å².